The van der Waals surface area contributed by atoms with E-state index in [0.29, 0.717) is 17.2 Å². The Hall–Kier alpha value is -2.54. The molecule has 0 aliphatic carbocycles. The average Bonchev–Trinajstić information content (AvgIpc) is 3.35. The van der Waals surface area contributed by atoms with Crippen LogP contribution in [0.1, 0.15) is 54.3 Å². The summed E-state index contributed by atoms with van der Waals surface area (Å²) in [6.07, 6.45) is 4.26. The molecule has 0 bridgehead atoms. The van der Waals surface area contributed by atoms with Crippen LogP contribution in [0.2, 0.25) is 0 Å². The van der Waals surface area contributed by atoms with E-state index in [-0.39, 0.29) is 18.0 Å². The summed E-state index contributed by atoms with van der Waals surface area (Å²) in [5, 5.41) is 3.89. The van der Waals surface area contributed by atoms with Crippen molar-refractivity contribution in [2.24, 2.45) is 0 Å². The molecule has 7 heteroatoms. The summed E-state index contributed by atoms with van der Waals surface area (Å²) in [4.78, 5) is 30.9. The number of anilines is 1. The maximum atomic E-state index is 13.1. The van der Waals surface area contributed by atoms with E-state index in [2.05, 4.69) is 49.5 Å². The summed E-state index contributed by atoms with van der Waals surface area (Å²) >= 11 is 3.54. The first-order chi connectivity index (χ1) is 14.3. The van der Waals surface area contributed by atoms with Gasteiger partial charge in [-0.1, -0.05) is 15.9 Å². The normalized spacial score (nSPS) is 14.1. The summed E-state index contributed by atoms with van der Waals surface area (Å²) in [5.41, 5.74) is 3.85. The van der Waals surface area contributed by atoms with E-state index in [9.17, 15) is 9.59 Å². The van der Waals surface area contributed by atoms with Crippen LogP contribution in [0.15, 0.2) is 39.7 Å². The first kappa shape index (κ1) is 20.7. The third kappa shape index (κ3) is 3.90. The molecule has 1 aliphatic heterocycles. The fourth-order valence-electron chi connectivity index (χ4n) is 4.24. The van der Waals surface area contributed by atoms with Gasteiger partial charge in [-0.3, -0.25) is 9.59 Å². The monoisotopic (exact) mass is 470 g/mol. The molecule has 1 fully saturated rings. The summed E-state index contributed by atoms with van der Waals surface area (Å²) in [6.45, 7) is 8.20. The number of hydrogen-bond donors (Lipinski definition) is 2. The number of aromatic amines is 1. The van der Waals surface area contributed by atoms with Gasteiger partial charge < -0.3 is 19.8 Å². The van der Waals surface area contributed by atoms with Crippen LogP contribution in [0.3, 0.4) is 0 Å². The molecule has 0 unspecified atom stereocenters. The van der Waals surface area contributed by atoms with Crippen LogP contribution in [0.25, 0.3) is 10.9 Å². The number of hydrogen-bond acceptors (Lipinski definition) is 3. The second-order valence-electron chi connectivity index (χ2n) is 8.23. The highest BCUT2D eigenvalue weighted by molar-refractivity contribution is 9.10. The molecule has 2 N–H and O–H groups in total. The molecule has 0 atom stereocenters. The van der Waals surface area contributed by atoms with Crippen LogP contribution in [0.5, 0.6) is 0 Å². The number of carbonyl (C=O) groups excluding carboxylic acids is 1. The molecule has 158 valence electrons. The van der Waals surface area contributed by atoms with Crippen LogP contribution in [0, 0.1) is 6.92 Å². The Morgan fingerprint density at radius 3 is 2.67 bits per heavy atom. The van der Waals surface area contributed by atoms with E-state index < -0.39 is 0 Å². The molecule has 1 saturated heterocycles. The van der Waals surface area contributed by atoms with Gasteiger partial charge in [-0.25, -0.2) is 0 Å². The third-order valence-electron chi connectivity index (χ3n) is 5.72. The average molecular weight is 471 g/mol. The molecule has 0 saturated carbocycles. The second-order valence-corrected chi connectivity index (χ2v) is 9.14. The molecule has 30 heavy (non-hydrogen) atoms. The van der Waals surface area contributed by atoms with E-state index in [1.165, 1.54) is 0 Å². The van der Waals surface area contributed by atoms with Crippen molar-refractivity contribution in [1.82, 2.24) is 14.9 Å². The van der Waals surface area contributed by atoms with E-state index in [0.717, 1.165) is 52.7 Å². The molecular formula is C23H27BrN4O2. The number of amides is 1. The number of nitrogens with zero attached hydrogens (tertiary/aromatic N) is 2. The molecule has 2 aromatic heterocycles. The van der Waals surface area contributed by atoms with Gasteiger partial charge >= 0.3 is 0 Å². The van der Waals surface area contributed by atoms with Crippen molar-refractivity contribution < 1.29 is 4.79 Å². The summed E-state index contributed by atoms with van der Waals surface area (Å²) in [6, 6.07) is 8.15. The number of halogens is 1. The van der Waals surface area contributed by atoms with E-state index >= 15 is 0 Å². The number of carbonyl (C=O) groups is 1. The number of nitrogens with one attached hydrogen (secondary N) is 2. The zero-order valence-corrected chi connectivity index (χ0v) is 19.2. The number of H-pyrrole nitrogens is 1. The van der Waals surface area contributed by atoms with Crippen molar-refractivity contribution in [2.75, 3.05) is 18.0 Å². The van der Waals surface area contributed by atoms with Crippen LogP contribution in [-0.2, 0) is 6.54 Å². The second kappa shape index (κ2) is 8.30. The number of pyridine rings is 1. The highest BCUT2D eigenvalue weighted by Gasteiger charge is 2.20. The minimum Gasteiger partial charge on any atom is -0.371 e. The van der Waals surface area contributed by atoms with Gasteiger partial charge in [0.05, 0.1) is 17.6 Å². The van der Waals surface area contributed by atoms with Crippen LogP contribution < -0.4 is 15.8 Å². The van der Waals surface area contributed by atoms with Crippen molar-refractivity contribution >= 4 is 38.4 Å². The number of benzene rings is 1. The van der Waals surface area contributed by atoms with Crippen molar-refractivity contribution in [1.29, 1.82) is 0 Å². The fraction of sp³-hybridized carbons (Fsp3) is 0.391. The topological polar surface area (TPSA) is 70.1 Å². The molecule has 6 nitrogen and oxygen atoms in total. The predicted molar refractivity (Wildman–Crippen MR) is 124 cm³/mol. The Morgan fingerprint density at radius 2 is 1.97 bits per heavy atom. The van der Waals surface area contributed by atoms with Gasteiger partial charge in [0.15, 0.2) is 0 Å². The largest absolute Gasteiger partial charge is 0.371 e. The predicted octanol–water partition coefficient (Wildman–Crippen LogP) is 4.51. The Morgan fingerprint density at radius 1 is 1.23 bits per heavy atom. The molecule has 0 spiro atoms. The lowest BCUT2D eigenvalue weighted by atomic mass is 10.1. The van der Waals surface area contributed by atoms with Crippen molar-refractivity contribution in [3.8, 4) is 0 Å². The fourth-order valence-corrected chi connectivity index (χ4v) is 4.69. The van der Waals surface area contributed by atoms with Crippen LogP contribution in [0.4, 0.5) is 5.69 Å². The lowest BCUT2D eigenvalue weighted by molar-refractivity contribution is 0.0952. The van der Waals surface area contributed by atoms with Gasteiger partial charge in [0.2, 0.25) is 0 Å². The van der Waals surface area contributed by atoms with Gasteiger partial charge in [0.1, 0.15) is 0 Å². The summed E-state index contributed by atoms with van der Waals surface area (Å²) in [5.74, 6) is -0.185. The Kier molecular flexibility index (Phi) is 5.73. The highest BCUT2D eigenvalue weighted by atomic mass is 79.9. The summed E-state index contributed by atoms with van der Waals surface area (Å²) < 4.78 is 3.00. The zero-order valence-electron chi connectivity index (χ0n) is 17.6. The SMILES string of the molecule is Cc1cc(N2CCCC2)c(CNC(=O)c2cc(Br)cc3c2ccn3C(C)C)c(=O)[nH]1. The first-order valence-electron chi connectivity index (χ1n) is 10.4. The van der Waals surface area contributed by atoms with Gasteiger partial charge in [-0.2, -0.15) is 0 Å². The number of fused-ring (bicyclic) bond motifs is 1. The minimum atomic E-state index is -0.185. The maximum absolute atomic E-state index is 13.1. The minimum absolute atomic E-state index is 0.137. The van der Waals surface area contributed by atoms with E-state index in [1.807, 2.05) is 37.4 Å². The number of aromatic nitrogens is 2. The molecule has 3 aromatic rings. The van der Waals surface area contributed by atoms with Gasteiger partial charge in [-0.05, 0) is 57.9 Å². The molecular weight excluding hydrogens is 444 g/mol. The quantitative estimate of drug-likeness (QED) is 0.575. The van der Waals surface area contributed by atoms with Gasteiger partial charge in [-0.15, -0.1) is 0 Å². The standard InChI is InChI=1S/C23H27BrN4O2/c1-14(2)28-9-6-17-18(11-16(24)12-21(17)28)22(29)25-13-19-20(27-7-4-5-8-27)10-15(3)26-23(19)30/h6,9-12,14H,4-5,7-8,13H2,1-3H3,(H,25,29)(H,26,30). The molecule has 4 rings (SSSR count). The van der Waals surface area contributed by atoms with E-state index in [4.69, 9.17) is 0 Å². The Labute approximate surface area is 184 Å². The van der Waals surface area contributed by atoms with Crippen molar-refractivity contribution in [2.45, 2.75) is 46.2 Å². The van der Waals surface area contributed by atoms with Crippen LogP contribution >= 0.6 is 15.9 Å². The van der Waals surface area contributed by atoms with Crippen LogP contribution in [-0.4, -0.2) is 28.5 Å². The molecule has 1 aliphatic rings. The molecule has 1 amide bonds. The molecule has 0 radical (unpaired) electrons. The Balaban J connectivity index is 1.64. The highest BCUT2D eigenvalue weighted by Crippen LogP contribution is 2.28. The van der Waals surface area contributed by atoms with E-state index in [1.54, 1.807) is 0 Å². The lowest BCUT2D eigenvalue weighted by Gasteiger charge is -2.21. The zero-order chi connectivity index (χ0) is 21.4. The van der Waals surface area contributed by atoms with Gasteiger partial charge in [0, 0.05) is 52.1 Å². The first-order valence-corrected chi connectivity index (χ1v) is 11.2. The maximum Gasteiger partial charge on any atom is 0.255 e. The smallest absolute Gasteiger partial charge is 0.255 e. The molecule has 3 heterocycles. The summed E-state index contributed by atoms with van der Waals surface area (Å²) in [7, 11) is 0. The number of aryl methyl sites for hydroxylation is 1. The van der Waals surface area contributed by atoms with Gasteiger partial charge in [0.25, 0.3) is 11.5 Å². The number of rotatable bonds is 5. The Bertz CT molecular complexity index is 1160. The van der Waals surface area contributed by atoms with Crippen molar-refractivity contribution in [3.63, 3.8) is 0 Å². The van der Waals surface area contributed by atoms with Crippen molar-refractivity contribution in [3.05, 3.63) is 62.1 Å². The molecule has 1 aromatic carbocycles. The third-order valence-corrected chi connectivity index (χ3v) is 6.18. The lowest BCUT2D eigenvalue weighted by Crippen LogP contribution is -2.31.